The van der Waals surface area contributed by atoms with Gasteiger partial charge in [-0.2, -0.15) is 0 Å². The molecule has 0 aliphatic rings. The molecule has 4 aromatic rings. The van der Waals surface area contributed by atoms with Gasteiger partial charge in [-0.05, 0) is 38.0 Å². The van der Waals surface area contributed by atoms with Crippen LogP contribution in [0.3, 0.4) is 0 Å². The summed E-state index contributed by atoms with van der Waals surface area (Å²) in [7, 11) is 4.95. The van der Waals surface area contributed by atoms with Crippen LogP contribution in [-0.4, -0.2) is 42.9 Å². The molecule has 0 aliphatic carbocycles. The van der Waals surface area contributed by atoms with E-state index in [0.717, 1.165) is 39.0 Å². The molecule has 0 radical (unpaired) electrons. The number of allylic oxidation sites excluding steroid dienone is 1. The van der Waals surface area contributed by atoms with Gasteiger partial charge in [0.15, 0.2) is 5.13 Å². The minimum absolute atomic E-state index is 0.144. The monoisotopic (exact) mass is 489 g/mol. The number of benzene rings is 2. The van der Waals surface area contributed by atoms with Crippen molar-refractivity contribution in [2.45, 2.75) is 20.8 Å². The van der Waals surface area contributed by atoms with Crippen molar-refractivity contribution >= 4 is 44.8 Å². The lowest BCUT2D eigenvalue weighted by Crippen LogP contribution is -2.21. The van der Waals surface area contributed by atoms with Gasteiger partial charge in [0.05, 0.1) is 19.1 Å². The molecule has 1 N–H and O–H groups in total. The van der Waals surface area contributed by atoms with Crippen LogP contribution in [0.1, 0.15) is 33.4 Å². The standard InChI is InChI=1S/C27H27N3O4S/c1-15-7-9-18(10-8-15)21-14-34-23-13-22(33-6)19(12-20(21)23)16(2)11-24(31)29-27-28-17(3)25(35-27)26(32)30(4)5/h7-14H,1-6H3,(H,28,29,31)/b16-11+. The highest BCUT2D eigenvalue weighted by molar-refractivity contribution is 7.17. The molecule has 0 saturated carbocycles. The summed E-state index contributed by atoms with van der Waals surface area (Å²) in [6.45, 7) is 5.65. The number of carbonyl (C=O) groups excluding carboxylic acids is 2. The second kappa shape index (κ2) is 9.76. The third kappa shape index (κ3) is 4.97. The molecule has 2 heterocycles. The fraction of sp³-hybridized carbons (Fsp3) is 0.222. The first kappa shape index (κ1) is 24.2. The topological polar surface area (TPSA) is 84.7 Å². The molecular weight excluding hydrogens is 462 g/mol. The first-order valence-electron chi connectivity index (χ1n) is 11.0. The molecule has 0 spiro atoms. The molecule has 35 heavy (non-hydrogen) atoms. The maximum Gasteiger partial charge on any atom is 0.265 e. The lowest BCUT2D eigenvalue weighted by Gasteiger charge is -2.10. The van der Waals surface area contributed by atoms with Gasteiger partial charge in [-0.15, -0.1) is 0 Å². The summed E-state index contributed by atoms with van der Waals surface area (Å²) in [4.78, 5) is 31.4. The summed E-state index contributed by atoms with van der Waals surface area (Å²) in [5.41, 5.74) is 5.99. The zero-order valence-corrected chi connectivity index (χ0v) is 21.4. The van der Waals surface area contributed by atoms with Crippen LogP contribution < -0.4 is 10.1 Å². The number of hydrogen-bond acceptors (Lipinski definition) is 6. The van der Waals surface area contributed by atoms with Gasteiger partial charge in [-0.3, -0.25) is 14.9 Å². The summed E-state index contributed by atoms with van der Waals surface area (Å²) >= 11 is 1.16. The Hall–Kier alpha value is -3.91. The summed E-state index contributed by atoms with van der Waals surface area (Å²) in [6.07, 6.45) is 3.24. The largest absolute Gasteiger partial charge is 0.496 e. The number of aryl methyl sites for hydroxylation is 2. The van der Waals surface area contributed by atoms with E-state index < -0.39 is 0 Å². The van der Waals surface area contributed by atoms with E-state index in [1.807, 2.05) is 26.0 Å². The Labute approximate surface area is 208 Å². The van der Waals surface area contributed by atoms with Crippen molar-refractivity contribution in [3.05, 3.63) is 70.4 Å². The van der Waals surface area contributed by atoms with Crippen molar-refractivity contribution in [2.75, 3.05) is 26.5 Å². The summed E-state index contributed by atoms with van der Waals surface area (Å²) in [5.74, 6) is 0.121. The Kier molecular flexibility index (Phi) is 6.75. The third-order valence-electron chi connectivity index (χ3n) is 5.66. The number of fused-ring (bicyclic) bond motifs is 1. The van der Waals surface area contributed by atoms with E-state index in [4.69, 9.17) is 9.15 Å². The van der Waals surface area contributed by atoms with Gasteiger partial charge >= 0.3 is 0 Å². The lowest BCUT2D eigenvalue weighted by molar-refractivity contribution is -0.111. The van der Waals surface area contributed by atoms with Gasteiger partial charge in [-0.25, -0.2) is 4.98 Å². The van der Waals surface area contributed by atoms with Crippen molar-refractivity contribution in [1.82, 2.24) is 9.88 Å². The second-order valence-electron chi connectivity index (χ2n) is 8.51. The number of methoxy groups -OCH3 is 1. The molecule has 0 bridgehead atoms. The Morgan fingerprint density at radius 3 is 2.51 bits per heavy atom. The van der Waals surface area contributed by atoms with Crippen molar-refractivity contribution < 1.29 is 18.7 Å². The van der Waals surface area contributed by atoms with Crippen LogP contribution in [0.25, 0.3) is 27.7 Å². The molecule has 0 atom stereocenters. The number of thiazole rings is 1. The predicted molar refractivity (Wildman–Crippen MR) is 140 cm³/mol. The van der Waals surface area contributed by atoms with Crippen molar-refractivity contribution in [1.29, 1.82) is 0 Å². The van der Waals surface area contributed by atoms with E-state index in [-0.39, 0.29) is 11.8 Å². The number of furan rings is 1. The van der Waals surface area contributed by atoms with Crippen molar-refractivity contribution in [3.8, 4) is 16.9 Å². The Balaban J connectivity index is 1.65. The molecule has 2 amide bonds. The number of nitrogens with one attached hydrogen (secondary N) is 1. The summed E-state index contributed by atoms with van der Waals surface area (Å²) < 4.78 is 11.4. The smallest absolute Gasteiger partial charge is 0.265 e. The van der Waals surface area contributed by atoms with Crippen LogP contribution in [0.5, 0.6) is 5.75 Å². The molecule has 2 aromatic carbocycles. The van der Waals surface area contributed by atoms with Gasteiger partial charge in [0.1, 0.15) is 16.2 Å². The molecule has 0 unspecified atom stereocenters. The molecule has 4 rings (SSSR count). The van der Waals surface area contributed by atoms with Gasteiger partial charge in [0.2, 0.25) is 5.91 Å². The average molecular weight is 490 g/mol. The highest BCUT2D eigenvalue weighted by Crippen LogP contribution is 2.37. The maximum atomic E-state index is 12.8. The van der Waals surface area contributed by atoms with Crippen LogP contribution in [0, 0.1) is 13.8 Å². The zero-order valence-electron chi connectivity index (χ0n) is 20.6. The third-order valence-corrected chi connectivity index (χ3v) is 6.72. The number of hydrogen-bond donors (Lipinski definition) is 1. The van der Waals surface area contributed by atoms with Crippen molar-refractivity contribution in [3.63, 3.8) is 0 Å². The molecule has 0 fully saturated rings. The minimum Gasteiger partial charge on any atom is -0.496 e. The van der Waals surface area contributed by atoms with Gasteiger partial charge in [0, 0.05) is 42.8 Å². The fourth-order valence-electron chi connectivity index (χ4n) is 3.76. The van der Waals surface area contributed by atoms with Gasteiger partial charge in [0.25, 0.3) is 5.91 Å². The average Bonchev–Trinajstić information content (AvgIpc) is 3.40. The number of rotatable bonds is 6. The van der Waals surface area contributed by atoms with Crippen LogP contribution in [-0.2, 0) is 4.79 Å². The normalized spacial score (nSPS) is 11.5. The highest BCUT2D eigenvalue weighted by atomic mass is 32.1. The van der Waals surface area contributed by atoms with Crippen molar-refractivity contribution in [2.24, 2.45) is 0 Å². The van der Waals surface area contributed by atoms with E-state index in [2.05, 4.69) is 34.6 Å². The lowest BCUT2D eigenvalue weighted by atomic mass is 9.99. The highest BCUT2D eigenvalue weighted by Gasteiger charge is 2.18. The van der Waals surface area contributed by atoms with Crippen LogP contribution >= 0.6 is 11.3 Å². The van der Waals surface area contributed by atoms with Crippen LogP contribution in [0.15, 0.2) is 53.2 Å². The summed E-state index contributed by atoms with van der Waals surface area (Å²) in [5, 5.41) is 4.08. The maximum absolute atomic E-state index is 12.8. The molecule has 0 aliphatic heterocycles. The van der Waals surface area contributed by atoms with E-state index in [0.29, 0.717) is 27.0 Å². The van der Waals surface area contributed by atoms with E-state index >= 15 is 0 Å². The molecule has 180 valence electrons. The van der Waals surface area contributed by atoms with E-state index in [1.54, 1.807) is 34.4 Å². The van der Waals surface area contributed by atoms with Gasteiger partial charge < -0.3 is 14.1 Å². The SMILES string of the molecule is COc1cc2occ(-c3ccc(C)cc3)c2cc1/C(C)=C/C(=O)Nc1nc(C)c(C(=O)N(C)C)s1. The van der Waals surface area contributed by atoms with E-state index in [9.17, 15) is 9.59 Å². The van der Waals surface area contributed by atoms with E-state index in [1.165, 1.54) is 16.5 Å². The Bertz CT molecular complexity index is 1450. The number of nitrogens with zero attached hydrogens (tertiary/aromatic N) is 2. The Morgan fingerprint density at radius 1 is 1.14 bits per heavy atom. The zero-order chi connectivity index (χ0) is 25.3. The number of amides is 2. The summed E-state index contributed by atoms with van der Waals surface area (Å²) in [6, 6.07) is 12.1. The molecule has 2 aromatic heterocycles. The minimum atomic E-state index is -0.340. The predicted octanol–water partition coefficient (Wildman–Crippen LogP) is 5.93. The quantitative estimate of drug-likeness (QED) is 0.340. The molecular formula is C27H27N3O4S. The molecule has 7 nitrogen and oxygen atoms in total. The second-order valence-corrected chi connectivity index (χ2v) is 9.51. The number of carbonyl (C=O) groups is 2. The first-order valence-corrected chi connectivity index (χ1v) is 11.8. The van der Waals surface area contributed by atoms with Gasteiger partial charge in [-0.1, -0.05) is 41.2 Å². The first-order chi connectivity index (χ1) is 16.7. The number of aromatic nitrogens is 1. The van der Waals surface area contributed by atoms with Crippen LogP contribution in [0.2, 0.25) is 0 Å². The van der Waals surface area contributed by atoms with Crippen LogP contribution in [0.4, 0.5) is 5.13 Å². The number of ether oxygens (including phenoxy) is 1. The molecule has 0 saturated heterocycles. The molecule has 8 heteroatoms. The number of anilines is 1. The Morgan fingerprint density at radius 2 is 1.86 bits per heavy atom. The fourth-order valence-corrected chi connectivity index (χ4v) is 4.75.